The third-order valence-electron chi connectivity index (χ3n) is 9.82. The van der Waals surface area contributed by atoms with Gasteiger partial charge >= 0.3 is 5.97 Å². The average Bonchev–Trinajstić information content (AvgIpc) is 3.00. The van der Waals surface area contributed by atoms with Crippen LogP contribution in [-0.2, 0) is 14.4 Å². The summed E-state index contributed by atoms with van der Waals surface area (Å²) < 4.78 is 0. The molecule has 8 atom stereocenters. The van der Waals surface area contributed by atoms with E-state index >= 15 is 0 Å². The van der Waals surface area contributed by atoms with Crippen LogP contribution >= 0.6 is 0 Å². The van der Waals surface area contributed by atoms with Crippen LogP contribution in [0.4, 0.5) is 0 Å². The van der Waals surface area contributed by atoms with E-state index in [-0.39, 0.29) is 41.4 Å². The highest BCUT2D eigenvalue weighted by Crippen LogP contribution is 2.66. The molecule has 4 heteroatoms. The van der Waals surface area contributed by atoms with E-state index < -0.39 is 11.4 Å². The van der Waals surface area contributed by atoms with Gasteiger partial charge in [-0.2, -0.15) is 0 Å². The van der Waals surface area contributed by atoms with Crippen molar-refractivity contribution in [2.24, 2.45) is 46.3 Å². The molecule has 4 aliphatic rings. The van der Waals surface area contributed by atoms with Crippen LogP contribution in [0.25, 0.3) is 0 Å². The van der Waals surface area contributed by atoms with Gasteiger partial charge in [-0.25, -0.2) is 0 Å². The van der Waals surface area contributed by atoms with Crippen molar-refractivity contribution in [3.8, 4) is 0 Å². The van der Waals surface area contributed by atoms with Gasteiger partial charge in [0, 0.05) is 30.6 Å². The van der Waals surface area contributed by atoms with Gasteiger partial charge in [0.05, 0.1) is 0 Å². The van der Waals surface area contributed by atoms with E-state index in [1.54, 1.807) is 0 Å². The lowest BCUT2D eigenvalue weighted by Gasteiger charge is -2.59. The molecule has 156 valence electrons. The maximum atomic E-state index is 13.6. The molecule has 0 spiro atoms. The van der Waals surface area contributed by atoms with E-state index in [0.29, 0.717) is 30.3 Å². The fourth-order valence-corrected chi connectivity index (χ4v) is 8.18. The van der Waals surface area contributed by atoms with Gasteiger partial charge in [-0.1, -0.05) is 33.6 Å². The van der Waals surface area contributed by atoms with Crippen molar-refractivity contribution in [3.05, 3.63) is 0 Å². The molecule has 0 saturated heterocycles. The number of rotatable bonds is 4. The zero-order valence-corrected chi connectivity index (χ0v) is 17.7. The highest BCUT2D eigenvalue weighted by Gasteiger charge is 2.65. The van der Waals surface area contributed by atoms with E-state index in [1.807, 2.05) is 0 Å². The van der Waals surface area contributed by atoms with E-state index in [4.69, 9.17) is 5.11 Å². The second kappa shape index (κ2) is 6.95. The summed E-state index contributed by atoms with van der Waals surface area (Å²) in [6.45, 7) is 6.61. The largest absolute Gasteiger partial charge is 0.481 e. The fraction of sp³-hybridized carbons (Fsp3) is 0.875. The Balaban J connectivity index is 1.63. The van der Waals surface area contributed by atoms with Crippen LogP contribution in [0.5, 0.6) is 0 Å². The van der Waals surface area contributed by atoms with Gasteiger partial charge in [-0.15, -0.1) is 0 Å². The number of ketones is 2. The van der Waals surface area contributed by atoms with Crippen molar-refractivity contribution in [2.75, 3.05) is 0 Å². The highest BCUT2D eigenvalue weighted by atomic mass is 16.4. The first-order valence-corrected chi connectivity index (χ1v) is 11.5. The molecule has 0 aromatic carbocycles. The molecule has 1 N–H and O–H groups in total. The molecule has 4 nitrogen and oxygen atoms in total. The molecule has 4 aliphatic carbocycles. The van der Waals surface area contributed by atoms with Gasteiger partial charge in [0.2, 0.25) is 0 Å². The van der Waals surface area contributed by atoms with Crippen molar-refractivity contribution < 1.29 is 19.5 Å². The first-order valence-electron chi connectivity index (χ1n) is 11.5. The minimum Gasteiger partial charge on any atom is -0.481 e. The second-order valence-electron chi connectivity index (χ2n) is 10.9. The number of Topliss-reactive ketones (excluding diaryl/α,β-unsaturated/α-hetero) is 2. The minimum absolute atomic E-state index is 0.0544. The highest BCUT2D eigenvalue weighted by molar-refractivity contribution is 5.92. The molecule has 0 amide bonds. The SMILES string of the molecule is C[C@@H](CCC(=O)O)[C@H]1CC[C@H]2[C@H]3C(=O)C[C@@H]4CCCC[C@]4(C)[C@@H]3CC(=O)[C@]12C. The molecular weight excluding hydrogens is 352 g/mol. The molecule has 0 aliphatic heterocycles. The lowest BCUT2D eigenvalue weighted by atomic mass is 9.44. The number of fused-ring (bicyclic) bond motifs is 5. The van der Waals surface area contributed by atoms with Crippen LogP contribution in [0, 0.1) is 46.3 Å². The summed E-state index contributed by atoms with van der Waals surface area (Å²) in [7, 11) is 0. The number of carboxylic acids is 1. The predicted octanol–water partition coefficient (Wildman–Crippen LogP) is 4.89. The van der Waals surface area contributed by atoms with Crippen molar-refractivity contribution in [1.82, 2.24) is 0 Å². The topological polar surface area (TPSA) is 71.4 Å². The summed E-state index contributed by atoms with van der Waals surface area (Å²) >= 11 is 0. The first kappa shape index (κ1) is 20.1. The predicted molar refractivity (Wildman–Crippen MR) is 107 cm³/mol. The van der Waals surface area contributed by atoms with Crippen LogP contribution in [0.1, 0.15) is 85.0 Å². The van der Waals surface area contributed by atoms with Crippen molar-refractivity contribution in [2.45, 2.75) is 85.0 Å². The van der Waals surface area contributed by atoms with Crippen LogP contribution in [-0.4, -0.2) is 22.6 Å². The summed E-state index contributed by atoms with van der Waals surface area (Å²) in [6, 6.07) is 0. The molecule has 0 aromatic heterocycles. The van der Waals surface area contributed by atoms with Gasteiger partial charge in [-0.05, 0) is 67.1 Å². The van der Waals surface area contributed by atoms with Crippen LogP contribution in [0.3, 0.4) is 0 Å². The minimum atomic E-state index is -0.764. The summed E-state index contributed by atoms with van der Waals surface area (Å²) in [5.41, 5.74) is -0.284. The van der Waals surface area contributed by atoms with Gasteiger partial charge in [0.1, 0.15) is 11.6 Å². The maximum Gasteiger partial charge on any atom is 0.303 e. The number of hydrogen-bond acceptors (Lipinski definition) is 3. The Morgan fingerprint density at radius 3 is 2.57 bits per heavy atom. The quantitative estimate of drug-likeness (QED) is 0.744. The molecule has 0 unspecified atom stereocenters. The lowest BCUT2D eigenvalue weighted by molar-refractivity contribution is -0.165. The molecule has 0 heterocycles. The molecule has 4 saturated carbocycles. The molecule has 0 radical (unpaired) electrons. The van der Waals surface area contributed by atoms with Crippen molar-refractivity contribution in [1.29, 1.82) is 0 Å². The van der Waals surface area contributed by atoms with E-state index in [2.05, 4.69) is 20.8 Å². The van der Waals surface area contributed by atoms with Gasteiger partial charge in [0.25, 0.3) is 0 Å². The van der Waals surface area contributed by atoms with Crippen molar-refractivity contribution in [3.63, 3.8) is 0 Å². The zero-order chi connectivity index (χ0) is 20.3. The number of carboxylic acid groups (broad SMARTS) is 1. The normalized spacial score (nSPS) is 46.5. The molecule has 0 aromatic rings. The smallest absolute Gasteiger partial charge is 0.303 e. The van der Waals surface area contributed by atoms with Crippen molar-refractivity contribution >= 4 is 17.5 Å². The average molecular weight is 389 g/mol. The van der Waals surface area contributed by atoms with E-state index in [9.17, 15) is 14.4 Å². The molecule has 0 bridgehead atoms. The zero-order valence-electron chi connectivity index (χ0n) is 17.7. The van der Waals surface area contributed by atoms with Gasteiger partial charge in [-0.3, -0.25) is 14.4 Å². The standard InChI is InChI=1S/C24H36O4/c1-14(7-10-21(27)28)16-8-9-17-22-18(13-20(26)24(16,17)3)23(2)11-5-4-6-15(23)12-19(22)25/h14-18,22H,4-13H2,1-3H3,(H,27,28)/t14-,15-,16+,17-,18+,22+,23-,24+/m0/s1. The van der Waals surface area contributed by atoms with Crippen LogP contribution < -0.4 is 0 Å². The second-order valence-corrected chi connectivity index (χ2v) is 10.9. The number of aliphatic carboxylic acids is 1. The summed E-state index contributed by atoms with van der Waals surface area (Å²) in [6.07, 6.45) is 8.77. The monoisotopic (exact) mass is 388 g/mol. The van der Waals surface area contributed by atoms with E-state index in [0.717, 1.165) is 25.7 Å². The molecule has 4 fully saturated rings. The Morgan fingerprint density at radius 1 is 1.11 bits per heavy atom. The Labute approximate surface area is 168 Å². The number of hydrogen-bond donors (Lipinski definition) is 1. The summed E-state index contributed by atoms with van der Waals surface area (Å²) in [5, 5.41) is 9.07. The Morgan fingerprint density at radius 2 is 1.86 bits per heavy atom. The Kier molecular flexibility index (Phi) is 4.99. The number of carbonyl (C=O) groups is 3. The molecule has 28 heavy (non-hydrogen) atoms. The molecular formula is C24H36O4. The van der Waals surface area contributed by atoms with Crippen LogP contribution in [0.2, 0.25) is 0 Å². The third-order valence-corrected chi connectivity index (χ3v) is 9.82. The Hall–Kier alpha value is -1.19. The van der Waals surface area contributed by atoms with Gasteiger partial charge < -0.3 is 5.11 Å². The Bertz CT molecular complexity index is 684. The molecule has 4 rings (SSSR count). The summed E-state index contributed by atoms with van der Waals surface area (Å²) in [4.78, 5) is 38.0. The first-order chi connectivity index (χ1) is 13.2. The fourth-order valence-electron chi connectivity index (χ4n) is 8.18. The third kappa shape index (κ3) is 2.81. The lowest BCUT2D eigenvalue weighted by Crippen LogP contribution is -2.59. The summed E-state index contributed by atoms with van der Waals surface area (Å²) in [5.74, 6) is 1.39. The maximum absolute atomic E-state index is 13.6. The van der Waals surface area contributed by atoms with Crippen LogP contribution in [0.15, 0.2) is 0 Å². The number of carbonyl (C=O) groups excluding carboxylic acids is 2. The van der Waals surface area contributed by atoms with Gasteiger partial charge in [0.15, 0.2) is 0 Å². The van der Waals surface area contributed by atoms with E-state index in [1.165, 1.54) is 19.3 Å².